The van der Waals surface area contributed by atoms with E-state index in [1.807, 2.05) is 59.5 Å². The first kappa shape index (κ1) is 16.3. The van der Waals surface area contributed by atoms with E-state index in [4.69, 9.17) is 9.26 Å². The van der Waals surface area contributed by atoms with Crippen LogP contribution in [0.3, 0.4) is 0 Å². The van der Waals surface area contributed by atoms with Crippen LogP contribution in [-0.4, -0.2) is 34.6 Å². The molecule has 1 atom stereocenters. The smallest absolute Gasteiger partial charge is 0.258 e. The molecule has 3 aromatic rings. The standard InChI is InChI=1S/C20H19N3O3/c1-25-17-9-5-8-15(10-17)20-21-19(22-26-20)16-11-18(24)23(13-16)12-14-6-3-2-4-7-14/h2-10,16H,11-13H2,1H3/t16-/m1/s1. The molecule has 2 aromatic carbocycles. The first-order valence-corrected chi connectivity index (χ1v) is 8.52. The van der Waals surface area contributed by atoms with E-state index in [0.29, 0.717) is 31.2 Å². The predicted molar refractivity (Wildman–Crippen MR) is 95.5 cm³/mol. The van der Waals surface area contributed by atoms with Gasteiger partial charge < -0.3 is 14.2 Å². The molecule has 0 saturated carbocycles. The summed E-state index contributed by atoms with van der Waals surface area (Å²) >= 11 is 0. The van der Waals surface area contributed by atoms with Crippen molar-refractivity contribution in [2.24, 2.45) is 0 Å². The maximum atomic E-state index is 12.3. The molecule has 0 unspecified atom stereocenters. The van der Waals surface area contributed by atoms with Crippen molar-refractivity contribution in [2.75, 3.05) is 13.7 Å². The van der Waals surface area contributed by atoms with E-state index in [2.05, 4.69) is 10.1 Å². The molecule has 26 heavy (non-hydrogen) atoms. The lowest BCUT2D eigenvalue weighted by atomic mass is 10.1. The molecule has 1 fully saturated rings. The number of methoxy groups -OCH3 is 1. The van der Waals surface area contributed by atoms with Crippen molar-refractivity contribution < 1.29 is 14.1 Å². The fraction of sp³-hybridized carbons (Fsp3) is 0.250. The summed E-state index contributed by atoms with van der Waals surface area (Å²) in [4.78, 5) is 18.7. The number of hydrogen-bond donors (Lipinski definition) is 0. The normalized spacial score (nSPS) is 16.9. The minimum absolute atomic E-state index is 0.0469. The maximum absolute atomic E-state index is 12.3. The Morgan fingerprint density at radius 2 is 2.04 bits per heavy atom. The largest absolute Gasteiger partial charge is 0.497 e. The van der Waals surface area contributed by atoms with E-state index in [1.165, 1.54) is 0 Å². The number of carbonyl (C=O) groups is 1. The molecule has 0 bridgehead atoms. The second-order valence-electron chi connectivity index (χ2n) is 6.35. The zero-order valence-corrected chi connectivity index (χ0v) is 14.5. The first-order valence-electron chi connectivity index (χ1n) is 8.52. The van der Waals surface area contributed by atoms with Gasteiger partial charge in [0.25, 0.3) is 5.89 Å². The van der Waals surface area contributed by atoms with Gasteiger partial charge in [0, 0.05) is 31.0 Å². The van der Waals surface area contributed by atoms with Gasteiger partial charge in [-0.05, 0) is 23.8 Å². The van der Waals surface area contributed by atoms with Gasteiger partial charge in [0.1, 0.15) is 5.75 Å². The van der Waals surface area contributed by atoms with Gasteiger partial charge in [-0.2, -0.15) is 4.98 Å². The van der Waals surface area contributed by atoms with Crippen LogP contribution in [0.25, 0.3) is 11.5 Å². The molecule has 1 aliphatic heterocycles. The average molecular weight is 349 g/mol. The third kappa shape index (κ3) is 3.31. The SMILES string of the molecule is COc1cccc(-c2nc([C@@H]3CC(=O)N(Cc4ccccc4)C3)no2)c1. The molecule has 0 spiro atoms. The Labute approximate surface area is 151 Å². The molecule has 0 radical (unpaired) electrons. The summed E-state index contributed by atoms with van der Waals surface area (Å²) in [6.45, 7) is 1.21. The Bertz CT molecular complexity index is 907. The molecule has 6 heteroatoms. The van der Waals surface area contributed by atoms with Gasteiger partial charge in [-0.15, -0.1) is 0 Å². The molecule has 2 heterocycles. The summed E-state index contributed by atoms with van der Waals surface area (Å²) in [5.41, 5.74) is 1.92. The van der Waals surface area contributed by atoms with Gasteiger partial charge in [0.2, 0.25) is 5.91 Å². The molecule has 4 rings (SSSR count). The van der Waals surface area contributed by atoms with Crippen molar-refractivity contribution in [3.63, 3.8) is 0 Å². The number of aromatic nitrogens is 2. The fourth-order valence-corrected chi connectivity index (χ4v) is 3.18. The monoisotopic (exact) mass is 349 g/mol. The molecule has 0 aliphatic carbocycles. The summed E-state index contributed by atoms with van der Waals surface area (Å²) in [6.07, 6.45) is 0.407. The Balaban J connectivity index is 1.49. The Hall–Kier alpha value is -3.15. The average Bonchev–Trinajstić information content (AvgIpc) is 3.30. The van der Waals surface area contributed by atoms with Crippen LogP contribution in [0.1, 0.15) is 23.7 Å². The van der Waals surface area contributed by atoms with Crippen molar-refractivity contribution in [3.05, 3.63) is 66.0 Å². The lowest BCUT2D eigenvalue weighted by Gasteiger charge is -2.15. The molecule has 6 nitrogen and oxygen atoms in total. The highest BCUT2D eigenvalue weighted by atomic mass is 16.5. The van der Waals surface area contributed by atoms with Gasteiger partial charge in [-0.25, -0.2) is 0 Å². The van der Waals surface area contributed by atoms with Crippen LogP contribution >= 0.6 is 0 Å². The van der Waals surface area contributed by atoms with Crippen molar-refractivity contribution >= 4 is 5.91 Å². The third-order valence-corrected chi connectivity index (χ3v) is 4.55. The number of nitrogens with zero attached hydrogens (tertiary/aromatic N) is 3. The van der Waals surface area contributed by atoms with E-state index < -0.39 is 0 Å². The molecular formula is C20H19N3O3. The summed E-state index contributed by atoms with van der Waals surface area (Å²) in [7, 11) is 1.61. The van der Waals surface area contributed by atoms with E-state index >= 15 is 0 Å². The molecule has 1 saturated heterocycles. The minimum atomic E-state index is -0.0469. The zero-order valence-electron chi connectivity index (χ0n) is 14.5. The van der Waals surface area contributed by atoms with Crippen LogP contribution in [0.4, 0.5) is 0 Å². The molecule has 0 N–H and O–H groups in total. The van der Waals surface area contributed by atoms with Crippen molar-refractivity contribution in [3.8, 4) is 17.2 Å². The van der Waals surface area contributed by atoms with Crippen LogP contribution in [0.2, 0.25) is 0 Å². The summed E-state index contributed by atoms with van der Waals surface area (Å²) < 4.78 is 10.6. The van der Waals surface area contributed by atoms with E-state index in [-0.39, 0.29) is 11.8 Å². The quantitative estimate of drug-likeness (QED) is 0.707. The highest BCUT2D eigenvalue weighted by Crippen LogP contribution is 2.30. The van der Waals surface area contributed by atoms with E-state index in [9.17, 15) is 4.79 Å². The van der Waals surface area contributed by atoms with Gasteiger partial charge >= 0.3 is 0 Å². The summed E-state index contributed by atoms with van der Waals surface area (Å²) in [5.74, 6) is 1.81. The Morgan fingerprint density at radius 3 is 2.85 bits per heavy atom. The van der Waals surface area contributed by atoms with Gasteiger partial charge in [-0.1, -0.05) is 41.6 Å². The minimum Gasteiger partial charge on any atom is -0.497 e. The van der Waals surface area contributed by atoms with Crippen LogP contribution in [0, 0.1) is 0 Å². The molecule has 1 aromatic heterocycles. The van der Waals surface area contributed by atoms with Crippen LogP contribution < -0.4 is 4.74 Å². The highest BCUT2D eigenvalue weighted by molar-refractivity contribution is 5.79. The predicted octanol–water partition coefficient (Wildman–Crippen LogP) is 3.26. The molecule has 1 amide bonds. The topological polar surface area (TPSA) is 68.5 Å². The summed E-state index contributed by atoms with van der Waals surface area (Å²) in [6, 6.07) is 17.4. The van der Waals surface area contributed by atoms with E-state index in [1.54, 1.807) is 7.11 Å². The lowest BCUT2D eigenvalue weighted by Crippen LogP contribution is -2.24. The summed E-state index contributed by atoms with van der Waals surface area (Å²) in [5, 5.41) is 4.10. The van der Waals surface area contributed by atoms with Crippen LogP contribution in [0.15, 0.2) is 59.1 Å². The second-order valence-corrected chi connectivity index (χ2v) is 6.35. The Morgan fingerprint density at radius 1 is 1.19 bits per heavy atom. The van der Waals surface area contributed by atoms with E-state index in [0.717, 1.165) is 16.9 Å². The molecule has 132 valence electrons. The molecular weight excluding hydrogens is 330 g/mol. The van der Waals surface area contributed by atoms with Gasteiger partial charge in [-0.3, -0.25) is 4.79 Å². The number of carbonyl (C=O) groups excluding carboxylic acids is 1. The van der Waals surface area contributed by atoms with Crippen molar-refractivity contribution in [1.82, 2.24) is 15.0 Å². The lowest BCUT2D eigenvalue weighted by molar-refractivity contribution is -0.128. The van der Waals surface area contributed by atoms with Gasteiger partial charge in [0.15, 0.2) is 5.82 Å². The number of hydrogen-bond acceptors (Lipinski definition) is 5. The highest BCUT2D eigenvalue weighted by Gasteiger charge is 2.33. The Kier molecular flexibility index (Phi) is 4.39. The number of likely N-dealkylation sites (tertiary alicyclic amines) is 1. The zero-order chi connectivity index (χ0) is 17.9. The molecule has 1 aliphatic rings. The number of amides is 1. The maximum Gasteiger partial charge on any atom is 0.258 e. The third-order valence-electron chi connectivity index (χ3n) is 4.55. The van der Waals surface area contributed by atoms with Gasteiger partial charge in [0.05, 0.1) is 7.11 Å². The second kappa shape index (κ2) is 7.00. The van der Waals surface area contributed by atoms with Crippen LogP contribution in [-0.2, 0) is 11.3 Å². The fourth-order valence-electron chi connectivity index (χ4n) is 3.18. The van der Waals surface area contributed by atoms with Crippen molar-refractivity contribution in [2.45, 2.75) is 18.9 Å². The van der Waals surface area contributed by atoms with Crippen LogP contribution in [0.5, 0.6) is 5.75 Å². The number of benzene rings is 2. The van der Waals surface area contributed by atoms with Crippen molar-refractivity contribution in [1.29, 1.82) is 0 Å². The number of ether oxygens (including phenoxy) is 1. The number of rotatable bonds is 5. The first-order chi connectivity index (χ1) is 12.7.